The molecule has 1 aliphatic carbocycles. The minimum atomic E-state index is 0.375. The first-order chi connectivity index (χ1) is 9.63. The van der Waals surface area contributed by atoms with Gasteiger partial charge in [0.2, 0.25) is 0 Å². The number of hydrogen-bond acceptors (Lipinski definition) is 3. The van der Waals surface area contributed by atoms with Crippen molar-refractivity contribution in [2.45, 2.75) is 58.5 Å². The zero-order valence-electron chi connectivity index (χ0n) is 13.4. The highest BCUT2D eigenvalue weighted by molar-refractivity contribution is 5.40. The van der Waals surface area contributed by atoms with Crippen LogP contribution < -0.4 is 10.2 Å². The maximum absolute atomic E-state index is 4.68. The molecule has 0 radical (unpaired) electrons. The Kier molecular flexibility index (Phi) is 5.41. The second-order valence-electron chi connectivity index (χ2n) is 6.17. The molecule has 3 atom stereocenters. The van der Waals surface area contributed by atoms with Crippen molar-refractivity contribution in [1.82, 2.24) is 10.3 Å². The van der Waals surface area contributed by atoms with Gasteiger partial charge in [-0.25, -0.2) is 4.98 Å². The van der Waals surface area contributed by atoms with Crippen LogP contribution in [0.1, 0.15) is 58.1 Å². The predicted molar refractivity (Wildman–Crippen MR) is 86.2 cm³/mol. The molecule has 1 heterocycles. The molecule has 3 unspecified atom stereocenters. The molecular weight excluding hydrogens is 246 g/mol. The van der Waals surface area contributed by atoms with Crippen molar-refractivity contribution in [1.29, 1.82) is 0 Å². The Morgan fingerprint density at radius 2 is 2.10 bits per heavy atom. The first-order valence-corrected chi connectivity index (χ1v) is 8.05. The summed E-state index contributed by atoms with van der Waals surface area (Å²) in [5.74, 6) is 1.88. The molecule has 1 N–H and O–H groups in total. The van der Waals surface area contributed by atoms with Crippen molar-refractivity contribution in [3.8, 4) is 0 Å². The highest BCUT2D eigenvalue weighted by atomic mass is 15.2. The van der Waals surface area contributed by atoms with Gasteiger partial charge in [-0.15, -0.1) is 0 Å². The fourth-order valence-corrected chi connectivity index (χ4v) is 3.33. The van der Waals surface area contributed by atoms with Gasteiger partial charge in [0.1, 0.15) is 5.82 Å². The van der Waals surface area contributed by atoms with Crippen LogP contribution >= 0.6 is 0 Å². The Hall–Kier alpha value is -1.09. The van der Waals surface area contributed by atoms with Gasteiger partial charge in [-0.05, 0) is 43.9 Å². The third kappa shape index (κ3) is 3.51. The lowest BCUT2D eigenvalue weighted by Crippen LogP contribution is -2.39. The molecule has 20 heavy (non-hydrogen) atoms. The average molecular weight is 275 g/mol. The number of pyridine rings is 1. The lowest BCUT2D eigenvalue weighted by atomic mass is 9.85. The minimum absolute atomic E-state index is 0.375. The minimum Gasteiger partial charge on any atom is -0.356 e. The first kappa shape index (κ1) is 15.3. The Bertz CT molecular complexity index is 401. The molecule has 112 valence electrons. The number of aromatic nitrogens is 1. The largest absolute Gasteiger partial charge is 0.356 e. The number of anilines is 1. The smallest absolute Gasteiger partial charge is 0.128 e. The maximum Gasteiger partial charge on any atom is 0.128 e. The van der Waals surface area contributed by atoms with E-state index in [1.54, 1.807) is 0 Å². The molecule has 0 spiro atoms. The molecule has 1 saturated carbocycles. The van der Waals surface area contributed by atoms with E-state index in [0.29, 0.717) is 12.1 Å². The molecule has 0 amide bonds. The van der Waals surface area contributed by atoms with Crippen LogP contribution in [0, 0.1) is 5.92 Å². The monoisotopic (exact) mass is 275 g/mol. The molecule has 1 fully saturated rings. The summed E-state index contributed by atoms with van der Waals surface area (Å²) in [5.41, 5.74) is 1.26. The summed E-state index contributed by atoms with van der Waals surface area (Å²) in [6.07, 6.45) is 7.42. The Morgan fingerprint density at radius 1 is 1.35 bits per heavy atom. The van der Waals surface area contributed by atoms with Gasteiger partial charge in [-0.1, -0.05) is 32.8 Å². The van der Waals surface area contributed by atoms with Crippen molar-refractivity contribution in [2.24, 2.45) is 5.92 Å². The van der Waals surface area contributed by atoms with E-state index in [4.69, 9.17) is 0 Å². The third-order valence-electron chi connectivity index (χ3n) is 4.71. The highest BCUT2D eigenvalue weighted by Gasteiger charge is 2.25. The summed E-state index contributed by atoms with van der Waals surface area (Å²) in [5, 5.41) is 3.43. The summed E-state index contributed by atoms with van der Waals surface area (Å²) < 4.78 is 0. The van der Waals surface area contributed by atoms with Crippen LogP contribution in [0.5, 0.6) is 0 Å². The van der Waals surface area contributed by atoms with Crippen LogP contribution in [-0.4, -0.2) is 24.6 Å². The molecule has 0 saturated heterocycles. The van der Waals surface area contributed by atoms with Crippen LogP contribution in [0.4, 0.5) is 5.82 Å². The van der Waals surface area contributed by atoms with E-state index in [-0.39, 0.29) is 0 Å². The number of rotatable bonds is 5. The second kappa shape index (κ2) is 7.07. The predicted octanol–water partition coefficient (Wildman–Crippen LogP) is 3.77. The molecule has 0 aliphatic heterocycles. The van der Waals surface area contributed by atoms with Crippen LogP contribution in [0.25, 0.3) is 0 Å². The van der Waals surface area contributed by atoms with E-state index < -0.39 is 0 Å². The maximum atomic E-state index is 4.68. The second-order valence-corrected chi connectivity index (χ2v) is 6.17. The molecule has 1 aromatic heterocycles. The zero-order chi connectivity index (χ0) is 14.5. The van der Waals surface area contributed by atoms with Crippen LogP contribution in [0.3, 0.4) is 0 Å². The van der Waals surface area contributed by atoms with E-state index >= 15 is 0 Å². The van der Waals surface area contributed by atoms with Crippen molar-refractivity contribution < 1.29 is 0 Å². The molecule has 3 heteroatoms. The van der Waals surface area contributed by atoms with E-state index in [1.165, 1.54) is 31.2 Å². The Morgan fingerprint density at radius 3 is 2.70 bits per heavy atom. The van der Waals surface area contributed by atoms with E-state index in [0.717, 1.165) is 18.3 Å². The van der Waals surface area contributed by atoms with Gasteiger partial charge in [0, 0.05) is 25.3 Å². The fraction of sp³-hybridized carbons (Fsp3) is 0.706. The summed E-state index contributed by atoms with van der Waals surface area (Å²) in [4.78, 5) is 7.06. The summed E-state index contributed by atoms with van der Waals surface area (Å²) in [6, 6.07) is 5.40. The van der Waals surface area contributed by atoms with Crippen molar-refractivity contribution in [2.75, 3.05) is 18.5 Å². The first-order valence-electron chi connectivity index (χ1n) is 8.05. The van der Waals surface area contributed by atoms with Gasteiger partial charge in [0.25, 0.3) is 0 Å². The molecule has 0 aromatic carbocycles. The zero-order valence-corrected chi connectivity index (χ0v) is 13.4. The molecule has 2 rings (SSSR count). The van der Waals surface area contributed by atoms with Gasteiger partial charge in [-0.3, -0.25) is 0 Å². The summed E-state index contributed by atoms with van der Waals surface area (Å²) >= 11 is 0. The fourth-order valence-electron chi connectivity index (χ4n) is 3.33. The Balaban J connectivity index is 2.05. The molecule has 0 bridgehead atoms. The van der Waals surface area contributed by atoms with Gasteiger partial charge in [0.15, 0.2) is 0 Å². The summed E-state index contributed by atoms with van der Waals surface area (Å²) in [7, 11) is 2.20. The number of nitrogens with one attached hydrogen (secondary N) is 1. The molecular formula is C17H29N3. The lowest BCUT2D eigenvalue weighted by molar-refractivity contribution is 0.320. The van der Waals surface area contributed by atoms with E-state index in [2.05, 4.69) is 55.2 Å². The summed E-state index contributed by atoms with van der Waals surface area (Å²) in [6.45, 7) is 7.69. The highest BCUT2D eigenvalue weighted by Crippen LogP contribution is 2.29. The standard InChI is InChI=1S/C17H29N3/c1-5-18-14(3)15-10-11-17(19-12-15)20(4)16-9-7-6-8-13(16)2/h10-14,16,18H,5-9H2,1-4H3. The topological polar surface area (TPSA) is 28.2 Å². The van der Waals surface area contributed by atoms with Gasteiger partial charge in [0.05, 0.1) is 0 Å². The van der Waals surface area contributed by atoms with E-state index in [1.807, 2.05) is 6.20 Å². The molecule has 1 aliphatic rings. The van der Waals surface area contributed by atoms with Crippen LogP contribution in [0.2, 0.25) is 0 Å². The van der Waals surface area contributed by atoms with Gasteiger partial charge < -0.3 is 10.2 Å². The lowest BCUT2D eigenvalue weighted by Gasteiger charge is -2.37. The third-order valence-corrected chi connectivity index (χ3v) is 4.71. The van der Waals surface area contributed by atoms with Crippen LogP contribution in [-0.2, 0) is 0 Å². The number of hydrogen-bond donors (Lipinski definition) is 1. The molecule has 1 aromatic rings. The van der Waals surface area contributed by atoms with Crippen LogP contribution in [0.15, 0.2) is 18.3 Å². The van der Waals surface area contributed by atoms with Crippen molar-refractivity contribution >= 4 is 5.82 Å². The quantitative estimate of drug-likeness (QED) is 0.886. The van der Waals surface area contributed by atoms with Gasteiger partial charge >= 0.3 is 0 Å². The SMILES string of the molecule is CCNC(C)c1ccc(N(C)C2CCCCC2C)nc1. The van der Waals surface area contributed by atoms with E-state index in [9.17, 15) is 0 Å². The Labute approximate surface area is 123 Å². The van der Waals surface area contributed by atoms with Gasteiger partial charge in [-0.2, -0.15) is 0 Å². The average Bonchev–Trinajstić information content (AvgIpc) is 2.47. The van der Waals surface area contributed by atoms with Crippen molar-refractivity contribution in [3.63, 3.8) is 0 Å². The normalized spacial score (nSPS) is 24.4. The molecule has 3 nitrogen and oxygen atoms in total. The number of nitrogens with zero attached hydrogens (tertiary/aromatic N) is 2. The van der Waals surface area contributed by atoms with Crippen molar-refractivity contribution in [3.05, 3.63) is 23.9 Å².